The summed E-state index contributed by atoms with van der Waals surface area (Å²) in [6.07, 6.45) is 6.10. The second-order valence-electron chi connectivity index (χ2n) is 8.80. The molecule has 4 nitrogen and oxygen atoms in total. The van der Waals surface area contributed by atoms with Crippen molar-refractivity contribution in [2.24, 2.45) is 0 Å². The average Bonchev–Trinajstić information content (AvgIpc) is 3.25. The molecule has 0 saturated carbocycles. The van der Waals surface area contributed by atoms with Gasteiger partial charge in [0.05, 0.1) is 11.5 Å². The molecule has 0 N–H and O–H groups in total. The SMILES string of the molecule is CCc1ccc(CCc2ccc3ccn(CCOS(=O)(=O)c4ccc(C)cc4)c3c2)cc1CC. The molecule has 1 aromatic heterocycles. The molecule has 0 aliphatic carbocycles. The van der Waals surface area contributed by atoms with Gasteiger partial charge in [0.15, 0.2) is 0 Å². The van der Waals surface area contributed by atoms with Gasteiger partial charge in [0.2, 0.25) is 0 Å². The summed E-state index contributed by atoms with van der Waals surface area (Å²) in [5.41, 5.74) is 7.65. The van der Waals surface area contributed by atoms with Gasteiger partial charge in [0.1, 0.15) is 0 Å². The molecule has 0 aliphatic rings. The summed E-state index contributed by atoms with van der Waals surface area (Å²) in [4.78, 5) is 0.191. The van der Waals surface area contributed by atoms with Crippen molar-refractivity contribution in [1.29, 1.82) is 0 Å². The number of hydrogen-bond acceptors (Lipinski definition) is 3. The second kappa shape index (κ2) is 10.6. The van der Waals surface area contributed by atoms with Crippen LogP contribution in [-0.4, -0.2) is 19.6 Å². The van der Waals surface area contributed by atoms with Crippen molar-refractivity contribution in [3.05, 3.63) is 101 Å². The molecule has 178 valence electrons. The van der Waals surface area contributed by atoms with Gasteiger partial charge in [0.25, 0.3) is 10.1 Å². The summed E-state index contributed by atoms with van der Waals surface area (Å²) >= 11 is 0. The molecule has 0 aliphatic heterocycles. The fourth-order valence-electron chi connectivity index (χ4n) is 4.40. The van der Waals surface area contributed by atoms with Crippen molar-refractivity contribution in [2.45, 2.75) is 57.9 Å². The van der Waals surface area contributed by atoms with Crippen molar-refractivity contribution in [3.63, 3.8) is 0 Å². The van der Waals surface area contributed by atoms with Crippen molar-refractivity contribution < 1.29 is 12.6 Å². The standard InChI is InChI=1S/C29H33NO3S/c1-4-25-12-10-23(20-26(25)5-2)8-9-24-11-13-27-16-17-30(29(27)21-24)18-19-33-34(31,32)28-14-6-22(3)7-15-28/h6-7,10-17,20-21H,4-5,8-9,18-19H2,1-3H3. The third-order valence-electron chi connectivity index (χ3n) is 6.45. The molecular weight excluding hydrogens is 442 g/mol. The maximum absolute atomic E-state index is 12.5. The second-order valence-corrected chi connectivity index (χ2v) is 10.4. The first-order valence-corrected chi connectivity index (χ1v) is 13.4. The Morgan fingerprint density at radius 3 is 2.18 bits per heavy atom. The summed E-state index contributed by atoms with van der Waals surface area (Å²) in [6, 6.07) is 22.2. The zero-order valence-electron chi connectivity index (χ0n) is 20.3. The summed E-state index contributed by atoms with van der Waals surface area (Å²) < 4.78 is 32.3. The first kappa shape index (κ1) is 24.2. The van der Waals surface area contributed by atoms with Crippen molar-refractivity contribution >= 4 is 21.0 Å². The normalized spacial score (nSPS) is 11.9. The van der Waals surface area contributed by atoms with Crippen molar-refractivity contribution in [2.75, 3.05) is 6.61 Å². The van der Waals surface area contributed by atoms with E-state index in [1.165, 1.54) is 22.3 Å². The Morgan fingerprint density at radius 1 is 0.794 bits per heavy atom. The largest absolute Gasteiger partial charge is 0.345 e. The Labute approximate surface area is 203 Å². The van der Waals surface area contributed by atoms with Gasteiger partial charge in [-0.1, -0.05) is 61.9 Å². The molecule has 34 heavy (non-hydrogen) atoms. The molecule has 0 bridgehead atoms. The zero-order valence-corrected chi connectivity index (χ0v) is 21.1. The third kappa shape index (κ3) is 5.60. The van der Waals surface area contributed by atoms with E-state index in [4.69, 9.17) is 4.18 Å². The van der Waals surface area contributed by atoms with Crippen LogP contribution in [0.2, 0.25) is 0 Å². The summed E-state index contributed by atoms with van der Waals surface area (Å²) in [6.45, 7) is 6.91. The first-order valence-electron chi connectivity index (χ1n) is 12.0. The van der Waals surface area contributed by atoms with Gasteiger partial charge in [-0.3, -0.25) is 4.18 Å². The molecule has 1 heterocycles. The monoisotopic (exact) mass is 475 g/mol. The highest BCUT2D eigenvalue weighted by molar-refractivity contribution is 7.86. The van der Waals surface area contributed by atoms with Crippen LogP contribution in [0.25, 0.3) is 10.9 Å². The van der Waals surface area contributed by atoms with Crippen LogP contribution in [0.3, 0.4) is 0 Å². The average molecular weight is 476 g/mol. The summed E-state index contributed by atoms with van der Waals surface area (Å²) in [5.74, 6) is 0. The third-order valence-corrected chi connectivity index (χ3v) is 7.78. The number of rotatable bonds is 10. The van der Waals surface area contributed by atoms with Crippen LogP contribution in [0.5, 0.6) is 0 Å². The zero-order chi connectivity index (χ0) is 24.1. The van der Waals surface area contributed by atoms with E-state index in [-0.39, 0.29) is 11.5 Å². The molecule has 4 rings (SSSR count). The highest BCUT2D eigenvalue weighted by Gasteiger charge is 2.15. The van der Waals surface area contributed by atoms with E-state index in [9.17, 15) is 8.42 Å². The Hall–Kier alpha value is -2.89. The Morgan fingerprint density at radius 2 is 1.47 bits per heavy atom. The predicted molar refractivity (Wildman–Crippen MR) is 139 cm³/mol. The smallest absolute Gasteiger partial charge is 0.297 e. The van der Waals surface area contributed by atoms with Crippen LogP contribution in [-0.2, 0) is 46.5 Å². The van der Waals surface area contributed by atoms with E-state index in [0.717, 1.165) is 42.1 Å². The summed E-state index contributed by atoms with van der Waals surface area (Å²) in [5, 5.41) is 1.14. The number of nitrogens with zero attached hydrogens (tertiary/aromatic N) is 1. The van der Waals surface area contributed by atoms with Crippen molar-refractivity contribution in [1.82, 2.24) is 4.57 Å². The van der Waals surface area contributed by atoms with Gasteiger partial charge in [-0.15, -0.1) is 0 Å². The Bertz CT molecular complexity index is 1370. The molecule has 0 saturated heterocycles. The molecule has 0 fully saturated rings. The van der Waals surface area contributed by atoms with E-state index in [0.29, 0.717) is 6.54 Å². The van der Waals surface area contributed by atoms with Crippen LogP contribution in [0.4, 0.5) is 0 Å². The lowest BCUT2D eigenvalue weighted by atomic mass is 9.96. The lowest BCUT2D eigenvalue weighted by Gasteiger charge is -2.10. The number of fused-ring (bicyclic) bond motifs is 1. The first-order chi connectivity index (χ1) is 16.4. The van der Waals surface area contributed by atoms with Crippen LogP contribution in [0.1, 0.15) is 41.7 Å². The minimum Gasteiger partial charge on any atom is -0.345 e. The number of aromatic nitrogens is 1. The van der Waals surface area contributed by atoms with Crippen molar-refractivity contribution in [3.8, 4) is 0 Å². The molecule has 0 unspecified atom stereocenters. The van der Waals surface area contributed by atoms with Crippen LogP contribution in [0.15, 0.2) is 77.8 Å². The molecule has 5 heteroatoms. The van der Waals surface area contributed by atoms with Crippen LogP contribution >= 0.6 is 0 Å². The van der Waals surface area contributed by atoms with Gasteiger partial charge in [0, 0.05) is 18.3 Å². The number of hydrogen-bond donors (Lipinski definition) is 0. The molecule has 0 amide bonds. The molecule has 0 atom stereocenters. The van der Waals surface area contributed by atoms with Gasteiger partial charge >= 0.3 is 0 Å². The van der Waals surface area contributed by atoms with E-state index in [1.54, 1.807) is 24.3 Å². The quantitative estimate of drug-likeness (QED) is 0.254. The van der Waals surface area contributed by atoms with Gasteiger partial charge in [-0.05, 0) is 84.5 Å². The van der Waals surface area contributed by atoms with E-state index in [2.05, 4.69) is 60.9 Å². The minimum atomic E-state index is -3.76. The van der Waals surface area contributed by atoms with Crippen LogP contribution < -0.4 is 0 Å². The van der Waals surface area contributed by atoms with Gasteiger partial charge in [-0.25, -0.2) is 0 Å². The molecule has 0 radical (unpaired) electrons. The lowest BCUT2D eigenvalue weighted by Crippen LogP contribution is -2.12. The highest BCUT2D eigenvalue weighted by Crippen LogP contribution is 2.21. The van der Waals surface area contributed by atoms with E-state index >= 15 is 0 Å². The topological polar surface area (TPSA) is 48.3 Å². The highest BCUT2D eigenvalue weighted by atomic mass is 32.2. The summed E-state index contributed by atoms with van der Waals surface area (Å²) in [7, 11) is -3.76. The molecule has 3 aromatic carbocycles. The van der Waals surface area contributed by atoms with E-state index in [1.807, 2.05) is 13.1 Å². The fraction of sp³-hybridized carbons (Fsp3) is 0.310. The van der Waals surface area contributed by atoms with Gasteiger partial charge in [-0.2, -0.15) is 8.42 Å². The maximum Gasteiger partial charge on any atom is 0.297 e. The fourth-order valence-corrected chi connectivity index (χ4v) is 5.30. The minimum absolute atomic E-state index is 0.0911. The van der Waals surface area contributed by atoms with Crippen LogP contribution in [0, 0.1) is 6.92 Å². The maximum atomic E-state index is 12.5. The molecule has 4 aromatic rings. The molecule has 0 spiro atoms. The Kier molecular flexibility index (Phi) is 7.54. The number of aryl methyl sites for hydroxylation is 5. The Balaban J connectivity index is 1.41. The lowest BCUT2D eigenvalue weighted by molar-refractivity contribution is 0.302. The predicted octanol–water partition coefficient (Wildman–Crippen LogP) is 6.27. The molecular formula is C29H33NO3S. The van der Waals surface area contributed by atoms with E-state index < -0.39 is 10.1 Å². The number of benzene rings is 3. The van der Waals surface area contributed by atoms with Gasteiger partial charge < -0.3 is 4.57 Å².